The predicted molar refractivity (Wildman–Crippen MR) is 118 cm³/mol. The minimum Gasteiger partial charge on any atom is -0.478 e. The van der Waals surface area contributed by atoms with Gasteiger partial charge in [-0.15, -0.1) is 0 Å². The standard InChI is InChI=1S/C21H13F4NO6.CH4S/c22-16-9-14(21(23,24)25)4-7-18(16)32-15-5-6-17(26(29)30)19(10-15)31-11-12-2-1-3-13(8-12)20(27)28;1-2/h1,3-11H,2H2,(H,27,28);2H,1H3. The van der Waals surface area contributed by atoms with Crippen LogP contribution in [0.15, 0.2) is 72.0 Å². The topological polar surface area (TPSA) is 98.9 Å². The molecule has 3 rings (SSSR count). The number of nitro groups is 1. The van der Waals surface area contributed by atoms with Gasteiger partial charge in [0, 0.05) is 12.1 Å². The Bertz CT molecular complexity index is 1170. The van der Waals surface area contributed by atoms with Crippen LogP contribution >= 0.6 is 12.6 Å². The fourth-order valence-electron chi connectivity index (χ4n) is 2.67. The number of hydrogen-bond acceptors (Lipinski definition) is 6. The summed E-state index contributed by atoms with van der Waals surface area (Å²) in [6, 6.07) is 4.90. The van der Waals surface area contributed by atoms with Gasteiger partial charge in [0.2, 0.25) is 5.75 Å². The molecule has 2 aromatic carbocycles. The lowest BCUT2D eigenvalue weighted by molar-refractivity contribution is -0.385. The minimum atomic E-state index is -4.73. The van der Waals surface area contributed by atoms with Gasteiger partial charge < -0.3 is 14.6 Å². The monoisotopic (exact) mass is 499 g/mol. The smallest absolute Gasteiger partial charge is 0.416 e. The number of carbonyl (C=O) groups is 1. The number of nitrogens with zero attached hydrogens (tertiary/aromatic N) is 1. The van der Waals surface area contributed by atoms with E-state index in [-0.39, 0.29) is 23.1 Å². The molecule has 0 aliphatic heterocycles. The van der Waals surface area contributed by atoms with Crippen molar-refractivity contribution in [1.82, 2.24) is 0 Å². The number of carboxylic acids is 1. The quantitative estimate of drug-likeness (QED) is 0.159. The van der Waals surface area contributed by atoms with Crippen LogP contribution in [-0.2, 0) is 11.0 Å². The number of alkyl halides is 3. The van der Waals surface area contributed by atoms with Gasteiger partial charge in [-0.3, -0.25) is 10.1 Å². The Kier molecular flexibility index (Phi) is 8.84. The van der Waals surface area contributed by atoms with Gasteiger partial charge in [-0.2, -0.15) is 25.8 Å². The van der Waals surface area contributed by atoms with Crippen LogP contribution < -0.4 is 9.47 Å². The van der Waals surface area contributed by atoms with E-state index in [9.17, 15) is 32.5 Å². The van der Waals surface area contributed by atoms with Crippen LogP contribution in [0.2, 0.25) is 0 Å². The van der Waals surface area contributed by atoms with Crippen molar-refractivity contribution in [3.8, 4) is 17.2 Å². The molecular weight excluding hydrogens is 482 g/mol. The Morgan fingerprint density at radius 1 is 1.18 bits per heavy atom. The van der Waals surface area contributed by atoms with E-state index in [1.807, 2.05) is 0 Å². The number of rotatable bonds is 6. The van der Waals surface area contributed by atoms with Gasteiger partial charge in [-0.1, -0.05) is 12.2 Å². The fraction of sp³-hybridized carbons (Fsp3) is 0.136. The number of ether oxygens (including phenoxy) is 2. The molecule has 0 bridgehead atoms. The summed E-state index contributed by atoms with van der Waals surface area (Å²) >= 11 is 3.53. The summed E-state index contributed by atoms with van der Waals surface area (Å²) in [5.41, 5.74) is -1.25. The van der Waals surface area contributed by atoms with Crippen molar-refractivity contribution in [3.63, 3.8) is 0 Å². The van der Waals surface area contributed by atoms with Gasteiger partial charge in [0.15, 0.2) is 11.6 Å². The average Bonchev–Trinajstić information content (AvgIpc) is 2.79. The van der Waals surface area contributed by atoms with Crippen LogP contribution in [-0.4, -0.2) is 22.3 Å². The van der Waals surface area contributed by atoms with Gasteiger partial charge >= 0.3 is 17.8 Å². The predicted octanol–water partition coefficient (Wildman–Crippen LogP) is 6.32. The zero-order valence-electron chi connectivity index (χ0n) is 17.4. The van der Waals surface area contributed by atoms with E-state index < -0.39 is 39.9 Å². The minimum absolute atomic E-state index is 0.00420. The summed E-state index contributed by atoms with van der Waals surface area (Å²) < 4.78 is 62.6. The molecule has 0 spiro atoms. The lowest BCUT2D eigenvalue weighted by Crippen LogP contribution is -2.05. The van der Waals surface area contributed by atoms with Crippen molar-refractivity contribution >= 4 is 24.3 Å². The molecule has 0 unspecified atom stereocenters. The van der Waals surface area contributed by atoms with E-state index in [2.05, 4.69) is 12.6 Å². The summed E-state index contributed by atoms with van der Waals surface area (Å²) in [5, 5.41) is 20.3. The highest BCUT2D eigenvalue weighted by atomic mass is 32.1. The molecule has 12 heteroatoms. The molecule has 0 aromatic heterocycles. The molecule has 34 heavy (non-hydrogen) atoms. The van der Waals surface area contributed by atoms with Crippen molar-refractivity contribution in [1.29, 1.82) is 0 Å². The molecule has 0 amide bonds. The fourth-order valence-corrected chi connectivity index (χ4v) is 2.67. The van der Waals surface area contributed by atoms with E-state index in [1.165, 1.54) is 12.2 Å². The van der Waals surface area contributed by atoms with Crippen molar-refractivity contribution < 1.29 is 41.9 Å². The van der Waals surface area contributed by atoms with Crippen LogP contribution in [0.5, 0.6) is 17.2 Å². The van der Waals surface area contributed by atoms with Crippen molar-refractivity contribution in [3.05, 3.63) is 93.5 Å². The third-order valence-electron chi connectivity index (χ3n) is 4.19. The number of allylic oxidation sites excluding steroid dienone is 3. The van der Waals surface area contributed by atoms with E-state index in [1.54, 1.807) is 12.3 Å². The molecule has 0 radical (unpaired) electrons. The third-order valence-corrected chi connectivity index (χ3v) is 4.19. The number of thiol groups is 1. The summed E-state index contributed by atoms with van der Waals surface area (Å²) in [4.78, 5) is 21.6. The Labute approximate surface area is 196 Å². The van der Waals surface area contributed by atoms with Crippen LogP contribution in [0.4, 0.5) is 23.2 Å². The van der Waals surface area contributed by atoms with Gasteiger partial charge in [-0.05, 0) is 48.6 Å². The van der Waals surface area contributed by atoms with Gasteiger partial charge in [0.1, 0.15) is 5.75 Å². The van der Waals surface area contributed by atoms with Crippen molar-refractivity contribution in [2.45, 2.75) is 12.6 Å². The number of nitro benzene ring substituents is 1. The summed E-state index contributed by atoms with van der Waals surface area (Å²) in [5.74, 6) is -3.39. The normalized spacial score (nSPS) is 14.1. The van der Waals surface area contributed by atoms with E-state index in [4.69, 9.17) is 14.6 Å². The number of hydrogen-bond donors (Lipinski definition) is 2. The molecule has 0 saturated heterocycles. The molecule has 0 atom stereocenters. The maximum absolute atomic E-state index is 14.0. The molecule has 1 aliphatic carbocycles. The summed E-state index contributed by atoms with van der Waals surface area (Å²) in [6.07, 6.45) is 2.70. The Balaban J connectivity index is 0.00000199. The number of halogens is 4. The van der Waals surface area contributed by atoms with Gasteiger partial charge in [-0.25, -0.2) is 9.18 Å². The van der Waals surface area contributed by atoms with Gasteiger partial charge in [0.05, 0.1) is 22.3 Å². The second kappa shape index (κ2) is 11.4. The maximum Gasteiger partial charge on any atom is 0.416 e. The molecule has 180 valence electrons. The first kappa shape index (κ1) is 26.5. The first-order chi connectivity index (χ1) is 16.0. The van der Waals surface area contributed by atoms with E-state index in [0.29, 0.717) is 18.1 Å². The molecular formula is C22H17F4NO6S. The van der Waals surface area contributed by atoms with Crippen molar-refractivity contribution in [2.24, 2.45) is 0 Å². The van der Waals surface area contributed by atoms with E-state index in [0.717, 1.165) is 30.5 Å². The van der Waals surface area contributed by atoms with Crippen LogP contribution in [0.25, 0.3) is 0 Å². The molecule has 2 aromatic rings. The number of carboxylic acid groups (broad SMARTS) is 1. The molecule has 0 fully saturated rings. The number of aliphatic carboxylic acids is 1. The van der Waals surface area contributed by atoms with Crippen molar-refractivity contribution in [2.75, 3.05) is 6.26 Å². The molecule has 0 heterocycles. The second-order valence-electron chi connectivity index (χ2n) is 6.45. The van der Waals surface area contributed by atoms with Crippen LogP contribution in [0.1, 0.15) is 12.0 Å². The molecule has 7 nitrogen and oxygen atoms in total. The van der Waals surface area contributed by atoms with E-state index >= 15 is 0 Å². The Morgan fingerprint density at radius 3 is 2.47 bits per heavy atom. The van der Waals surface area contributed by atoms with Crippen LogP contribution in [0.3, 0.4) is 0 Å². The second-order valence-corrected chi connectivity index (χ2v) is 6.45. The Morgan fingerprint density at radius 2 is 1.88 bits per heavy atom. The highest BCUT2D eigenvalue weighted by molar-refractivity contribution is 7.79. The van der Waals surface area contributed by atoms with Gasteiger partial charge in [0.25, 0.3) is 0 Å². The first-order valence-corrected chi connectivity index (χ1v) is 10.2. The highest BCUT2D eigenvalue weighted by Crippen LogP contribution is 2.36. The SMILES string of the molecule is CS.O=C(O)C1=CC(=COc2cc(Oc3ccc(C(F)(F)F)cc3F)ccc2[N+](=O)[O-])CC=C1. The largest absolute Gasteiger partial charge is 0.478 e. The lowest BCUT2D eigenvalue weighted by atomic mass is 10.0. The summed E-state index contributed by atoms with van der Waals surface area (Å²) in [6.45, 7) is 0. The number of benzene rings is 2. The molecule has 1 N–H and O–H groups in total. The molecule has 1 aliphatic rings. The lowest BCUT2D eigenvalue weighted by Gasteiger charge is -2.11. The Hall–Kier alpha value is -3.80. The average molecular weight is 499 g/mol. The zero-order chi connectivity index (χ0) is 25.5. The van der Waals surface area contributed by atoms with Crippen LogP contribution in [0, 0.1) is 15.9 Å². The molecule has 0 saturated carbocycles. The third kappa shape index (κ3) is 6.85. The first-order valence-electron chi connectivity index (χ1n) is 9.29. The zero-order valence-corrected chi connectivity index (χ0v) is 18.3. The summed E-state index contributed by atoms with van der Waals surface area (Å²) in [7, 11) is 0. The maximum atomic E-state index is 14.0. The highest BCUT2D eigenvalue weighted by Gasteiger charge is 2.31.